The van der Waals surface area contributed by atoms with Crippen LogP contribution in [0.25, 0.3) is 0 Å². The van der Waals surface area contributed by atoms with Gasteiger partial charge in [-0.2, -0.15) is 4.31 Å². The largest absolute Gasteiger partial charge is 0.477 e. The van der Waals surface area contributed by atoms with E-state index in [0.29, 0.717) is 18.0 Å². The molecule has 5 nitrogen and oxygen atoms in total. The van der Waals surface area contributed by atoms with Crippen LogP contribution in [0.2, 0.25) is 0 Å². The molecule has 1 aliphatic carbocycles. The highest BCUT2D eigenvalue weighted by Gasteiger charge is 2.41. The van der Waals surface area contributed by atoms with Gasteiger partial charge in [-0.3, -0.25) is 0 Å². The van der Waals surface area contributed by atoms with Gasteiger partial charge in [0.15, 0.2) is 0 Å². The molecule has 122 valence electrons. The third-order valence-corrected chi connectivity index (χ3v) is 8.44. The first kappa shape index (κ1) is 16.0. The fourth-order valence-electron chi connectivity index (χ4n) is 3.79. The zero-order valence-corrected chi connectivity index (χ0v) is 14.3. The van der Waals surface area contributed by atoms with Crippen molar-refractivity contribution in [1.29, 1.82) is 0 Å². The third kappa shape index (κ3) is 2.70. The molecule has 1 unspecified atom stereocenters. The Morgan fingerprint density at radius 1 is 1.27 bits per heavy atom. The number of nitrogens with zero attached hydrogens (tertiary/aromatic N) is 1. The van der Waals surface area contributed by atoms with Crippen LogP contribution in [0, 0.1) is 12.8 Å². The predicted octanol–water partition coefficient (Wildman–Crippen LogP) is 3.10. The number of sulfonamides is 1. The number of hydrogen-bond acceptors (Lipinski definition) is 4. The van der Waals surface area contributed by atoms with E-state index in [9.17, 15) is 13.2 Å². The SMILES string of the molecule is Cc1cc(S(=O)(=O)N2CCCC2C2CCCC2)sc1C(=O)O. The summed E-state index contributed by atoms with van der Waals surface area (Å²) in [7, 11) is -3.57. The summed E-state index contributed by atoms with van der Waals surface area (Å²) < 4.78 is 27.7. The summed E-state index contributed by atoms with van der Waals surface area (Å²) in [5.41, 5.74) is 0.521. The van der Waals surface area contributed by atoms with Gasteiger partial charge >= 0.3 is 5.97 Å². The molecule has 1 atom stereocenters. The predicted molar refractivity (Wildman–Crippen MR) is 84.9 cm³/mol. The summed E-state index contributed by atoms with van der Waals surface area (Å²) in [5.74, 6) is -0.588. The molecule has 0 aromatic carbocycles. The fraction of sp³-hybridized carbons (Fsp3) is 0.667. The summed E-state index contributed by atoms with van der Waals surface area (Å²) in [6.07, 6.45) is 6.43. The number of aromatic carboxylic acids is 1. The summed E-state index contributed by atoms with van der Waals surface area (Å²) >= 11 is 0.877. The van der Waals surface area contributed by atoms with E-state index in [1.165, 1.54) is 18.9 Å². The molecule has 0 amide bonds. The summed E-state index contributed by atoms with van der Waals surface area (Å²) in [6, 6.07) is 1.61. The third-order valence-electron chi connectivity index (χ3n) is 4.84. The first-order valence-electron chi connectivity index (χ1n) is 7.77. The lowest BCUT2D eigenvalue weighted by atomic mass is 9.97. The summed E-state index contributed by atoms with van der Waals surface area (Å²) in [4.78, 5) is 11.3. The van der Waals surface area contributed by atoms with E-state index >= 15 is 0 Å². The first-order valence-corrected chi connectivity index (χ1v) is 10.0. The van der Waals surface area contributed by atoms with E-state index in [0.717, 1.165) is 37.0 Å². The Morgan fingerprint density at radius 3 is 2.55 bits per heavy atom. The Bertz CT molecular complexity index is 674. The molecule has 2 aliphatic rings. The van der Waals surface area contributed by atoms with Crippen molar-refractivity contribution in [3.05, 3.63) is 16.5 Å². The van der Waals surface area contributed by atoms with E-state index in [1.54, 1.807) is 11.2 Å². The second kappa shape index (κ2) is 5.94. The monoisotopic (exact) mass is 343 g/mol. The molecule has 2 heterocycles. The van der Waals surface area contributed by atoms with Gasteiger partial charge < -0.3 is 5.11 Å². The van der Waals surface area contributed by atoms with Crippen molar-refractivity contribution in [3.8, 4) is 0 Å². The molecule has 1 saturated carbocycles. The maximum absolute atomic E-state index is 12.9. The zero-order valence-electron chi connectivity index (χ0n) is 12.6. The highest BCUT2D eigenvalue weighted by molar-refractivity contribution is 7.91. The normalized spacial score (nSPS) is 24.1. The van der Waals surface area contributed by atoms with Crippen LogP contribution in [0.4, 0.5) is 0 Å². The minimum absolute atomic E-state index is 0.100. The molecule has 1 N–H and O–H groups in total. The van der Waals surface area contributed by atoms with Crippen molar-refractivity contribution < 1.29 is 18.3 Å². The van der Waals surface area contributed by atoms with Gasteiger partial charge in [0.2, 0.25) is 0 Å². The van der Waals surface area contributed by atoms with Crippen molar-refractivity contribution in [2.75, 3.05) is 6.54 Å². The summed E-state index contributed by atoms with van der Waals surface area (Å²) in [5, 5.41) is 9.14. The molecule has 1 aliphatic heterocycles. The van der Waals surface area contributed by atoms with Gasteiger partial charge in [0.25, 0.3) is 10.0 Å². The highest BCUT2D eigenvalue weighted by Crippen LogP contribution is 2.39. The van der Waals surface area contributed by atoms with Gasteiger partial charge in [0, 0.05) is 12.6 Å². The Balaban J connectivity index is 1.91. The molecule has 0 radical (unpaired) electrons. The van der Waals surface area contributed by atoms with Crippen LogP contribution in [0.15, 0.2) is 10.3 Å². The topological polar surface area (TPSA) is 74.7 Å². The molecule has 2 fully saturated rings. The van der Waals surface area contributed by atoms with Crippen molar-refractivity contribution in [1.82, 2.24) is 4.31 Å². The molecule has 7 heteroatoms. The van der Waals surface area contributed by atoms with Gasteiger partial charge in [0.05, 0.1) is 0 Å². The second-order valence-electron chi connectivity index (χ2n) is 6.25. The van der Waals surface area contributed by atoms with Crippen LogP contribution < -0.4 is 0 Å². The van der Waals surface area contributed by atoms with Crippen LogP contribution >= 0.6 is 11.3 Å². The van der Waals surface area contributed by atoms with Gasteiger partial charge in [-0.15, -0.1) is 11.3 Å². The number of carboxylic acid groups (broad SMARTS) is 1. The molecule has 1 aromatic heterocycles. The van der Waals surface area contributed by atoms with Crippen LogP contribution in [-0.2, 0) is 10.0 Å². The molecular formula is C15H21NO4S2. The minimum atomic E-state index is -3.57. The number of rotatable bonds is 4. The van der Waals surface area contributed by atoms with Crippen LogP contribution in [-0.4, -0.2) is 36.4 Å². The first-order chi connectivity index (χ1) is 10.4. The Hall–Kier alpha value is -0.920. The number of carboxylic acids is 1. The average Bonchev–Trinajstić information content (AvgIpc) is 3.18. The van der Waals surface area contributed by atoms with Crippen LogP contribution in [0.5, 0.6) is 0 Å². The van der Waals surface area contributed by atoms with Gasteiger partial charge in [0.1, 0.15) is 9.09 Å². The highest BCUT2D eigenvalue weighted by atomic mass is 32.2. The number of aryl methyl sites for hydroxylation is 1. The van der Waals surface area contributed by atoms with Crippen LogP contribution in [0.3, 0.4) is 0 Å². The van der Waals surface area contributed by atoms with Crippen molar-refractivity contribution in [2.45, 2.75) is 55.7 Å². The maximum Gasteiger partial charge on any atom is 0.346 e. The average molecular weight is 343 g/mol. The molecular weight excluding hydrogens is 322 g/mol. The van der Waals surface area contributed by atoms with E-state index in [2.05, 4.69) is 0 Å². The lowest BCUT2D eigenvalue weighted by Gasteiger charge is -2.28. The molecule has 1 saturated heterocycles. The van der Waals surface area contributed by atoms with Gasteiger partial charge in [-0.05, 0) is 50.2 Å². The number of carbonyl (C=O) groups is 1. The van der Waals surface area contributed by atoms with Gasteiger partial charge in [-0.25, -0.2) is 13.2 Å². The van der Waals surface area contributed by atoms with E-state index in [-0.39, 0.29) is 15.1 Å². The Kier molecular flexibility index (Phi) is 4.31. The second-order valence-corrected chi connectivity index (χ2v) is 9.42. The van der Waals surface area contributed by atoms with E-state index in [4.69, 9.17) is 5.11 Å². The van der Waals surface area contributed by atoms with Crippen molar-refractivity contribution in [2.24, 2.45) is 5.92 Å². The smallest absolute Gasteiger partial charge is 0.346 e. The van der Waals surface area contributed by atoms with Crippen LogP contribution in [0.1, 0.15) is 53.8 Å². The molecule has 1 aromatic rings. The lowest BCUT2D eigenvalue weighted by Crippen LogP contribution is -2.39. The van der Waals surface area contributed by atoms with Crippen molar-refractivity contribution in [3.63, 3.8) is 0 Å². The lowest BCUT2D eigenvalue weighted by molar-refractivity contribution is 0.0701. The van der Waals surface area contributed by atoms with E-state index < -0.39 is 16.0 Å². The molecule has 3 rings (SSSR count). The molecule has 22 heavy (non-hydrogen) atoms. The van der Waals surface area contributed by atoms with Crippen molar-refractivity contribution >= 4 is 27.3 Å². The Morgan fingerprint density at radius 2 is 1.95 bits per heavy atom. The fourth-order valence-corrected chi connectivity index (χ4v) is 7.05. The maximum atomic E-state index is 12.9. The zero-order chi connectivity index (χ0) is 15.9. The number of thiophene rings is 1. The number of hydrogen-bond donors (Lipinski definition) is 1. The molecule has 0 bridgehead atoms. The minimum Gasteiger partial charge on any atom is -0.477 e. The standard InChI is InChI=1S/C15H21NO4S2/c1-10-9-13(21-14(10)15(17)18)22(19,20)16-8-4-7-12(16)11-5-2-3-6-11/h9,11-12H,2-8H2,1H3,(H,17,18). The molecule has 0 spiro atoms. The van der Waals surface area contributed by atoms with Gasteiger partial charge in [-0.1, -0.05) is 12.8 Å². The Labute approximate surface area is 135 Å². The van der Waals surface area contributed by atoms with E-state index in [1.807, 2.05) is 0 Å². The quantitative estimate of drug-likeness (QED) is 0.911. The summed E-state index contributed by atoms with van der Waals surface area (Å²) in [6.45, 7) is 2.21.